The first-order valence-electron chi connectivity index (χ1n) is 10.8. The van der Waals surface area contributed by atoms with Crippen LogP contribution in [0.2, 0.25) is 0 Å². The summed E-state index contributed by atoms with van der Waals surface area (Å²) in [6.45, 7) is 7.37. The summed E-state index contributed by atoms with van der Waals surface area (Å²) in [4.78, 5) is 4.64. The molecule has 4 rings (SSSR count). The zero-order valence-corrected chi connectivity index (χ0v) is 19.6. The number of rotatable bonds is 5. The molecule has 0 radical (unpaired) electrons. The summed E-state index contributed by atoms with van der Waals surface area (Å²) < 4.78 is 40.6. The molecule has 1 aromatic carbocycles. The Morgan fingerprint density at radius 1 is 1.16 bits per heavy atom. The molecule has 8 nitrogen and oxygen atoms in total. The third-order valence-electron chi connectivity index (χ3n) is 6.31. The molecule has 1 fully saturated rings. The minimum atomic E-state index is -3.64. The maximum Gasteiger partial charge on any atom is 0.247 e. The van der Waals surface area contributed by atoms with Crippen LogP contribution in [-0.4, -0.2) is 80.1 Å². The van der Waals surface area contributed by atoms with Crippen LogP contribution in [0.3, 0.4) is 0 Å². The number of hydrogen-bond acceptors (Lipinski definition) is 7. The topological polar surface area (TPSA) is 79.1 Å². The van der Waals surface area contributed by atoms with Crippen LogP contribution >= 0.6 is 0 Å². The number of para-hydroxylation sites is 1. The van der Waals surface area contributed by atoms with E-state index in [0.717, 1.165) is 43.1 Å². The van der Waals surface area contributed by atoms with Crippen molar-refractivity contribution in [2.24, 2.45) is 0 Å². The van der Waals surface area contributed by atoms with Gasteiger partial charge in [-0.05, 0) is 52.9 Å². The van der Waals surface area contributed by atoms with E-state index < -0.39 is 10.0 Å². The summed E-state index contributed by atoms with van der Waals surface area (Å²) >= 11 is 0. The molecule has 0 N–H and O–H groups in total. The van der Waals surface area contributed by atoms with Gasteiger partial charge in [0.2, 0.25) is 10.0 Å². The molecule has 0 unspecified atom stereocenters. The van der Waals surface area contributed by atoms with Crippen LogP contribution in [0.5, 0.6) is 5.75 Å². The second-order valence-electron chi connectivity index (χ2n) is 8.75. The number of fused-ring (bicyclic) bond motifs is 2. The van der Waals surface area contributed by atoms with Gasteiger partial charge in [0, 0.05) is 38.3 Å². The SMILES string of the molecule is Cc1noc(C)c1CN1CC[C@@H]2[C@@H](CC1)Oc1ccccc1S(=O)(=O)N2CCN(C)C. The fourth-order valence-corrected chi connectivity index (χ4v) is 6.30. The van der Waals surface area contributed by atoms with Gasteiger partial charge in [-0.2, -0.15) is 4.31 Å². The van der Waals surface area contributed by atoms with Gasteiger partial charge in [0.1, 0.15) is 22.5 Å². The van der Waals surface area contributed by atoms with Gasteiger partial charge in [-0.3, -0.25) is 4.90 Å². The van der Waals surface area contributed by atoms with Gasteiger partial charge < -0.3 is 14.2 Å². The number of nitrogens with zero attached hydrogens (tertiary/aromatic N) is 4. The molecule has 170 valence electrons. The molecule has 1 saturated heterocycles. The van der Waals surface area contributed by atoms with Gasteiger partial charge in [0.25, 0.3) is 0 Å². The van der Waals surface area contributed by atoms with Crippen LogP contribution in [0.1, 0.15) is 29.9 Å². The van der Waals surface area contributed by atoms with Gasteiger partial charge in [0.05, 0.1) is 11.7 Å². The number of likely N-dealkylation sites (tertiary alicyclic amines) is 1. The monoisotopic (exact) mass is 448 g/mol. The number of ether oxygens (including phenoxy) is 1. The maximum absolute atomic E-state index is 13.6. The first-order chi connectivity index (χ1) is 14.8. The van der Waals surface area contributed by atoms with Crippen molar-refractivity contribution in [1.82, 2.24) is 19.3 Å². The number of hydrogen-bond donors (Lipinski definition) is 0. The molecule has 2 atom stereocenters. The third kappa shape index (κ3) is 4.50. The Morgan fingerprint density at radius 3 is 2.61 bits per heavy atom. The van der Waals surface area contributed by atoms with Crippen molar-refractivity contribution < 1.29 is 17.7 Å². The average molecular weight is 449 g/mol. The highest BCUT2D eigenvalue weighted by Gasteiger charge is 2.43. The van der Waals surface area contributed by atoms with Crippen molar-refractivity contribution in [3.8, 4) is 5.75 Å². The van der Waals surface area contributed by atoms with Gasteiger partial charge in [-0.15, -0.1) is 0 Å². The summed E-state index contributed by atoms with van der Waals surface area (Å²) in [5.74, 6) is 1.31. The normalized spacial score (nSPS) is 24.2. The van der Waals surface area contributed by atoms with Gasteiger partial charge in [-0.1, -0.05) is 17.3 Å². The Balaban J connectivity index is 1.63. The average Bonchev–Trinajstić information content (AvgIpc) is 2.88. The standard InChI is InChI=1S/C22H32N4O4S/c1-16-18(17(2)30-23-16)15-25-11-9-19-20(10-12-25)29-21-7-5-6-8-22(21)31(27,28)26(19)14-13-24(3)4/h5-8,19-20H,9-15H2,1-4H3/t19-,20-/m1/s1. The van der Waals surface area contributed by atoms with Crippen molar-refractivity contribution in [1.29, 1.82) is 0 Å². The zero-order valence-electron chi connectivity index (χ0n) is 18.7. The maximum atomic E-state index is 13.6. The second kappa shape index (κ2) is 8.90. The van der Waals surface area contributed by atoms with Gasteiger partial charge in [-0.25, -0.2) is 8.42 Å². The first kappa shape index (κ1) is 22.3. The number of aromatic nitrogens is 1. The molecule has 0 bridgehead atoms. The Bertz CT molecular complexity index is 1000. The lowest BCUT2D eigenvalue weighted by molar-refractivity contribution is 0.110. The molecule has 0 aliphatic carbocycles. The quantitative estimate of drug-likeness (QED) is 0.694. The summed E-state index contributed by atoms with van der Waals surface area (Å²) in [6.07, 6.45) is 1.29. The van der Waals surface area contributed by atoms with Gasteiger partial charge in [0.15, 0.2) is 0 Å². The molecule has 31 heavy (non-hydrogen) atoms. The fourth-order valence-electron chi connectivity index (χ4n) is 4.50. The van der Waals surface area contributed by atoms with Crippen LogP contribution in [-0.2, 0) is 16.6 Å². The van der Waals surface area contributed by atoms with E-state index in [1.54, 1.807) is 22.5 Å². The second-order valence-corrected chi connectivity index (χ2v) is 10.6. The Morgan fingerprint density at radius 2 is 1.90 bits per heavy atom. The van der Waals surface area contributed by atoms with Crippen LogP contribution < -0.4 is 4.74 Å². The third-order valence-corrected chi connectivity index (χ3v) is 8.28. The van der Waals surface area contributed by atoms with Crippen molar-refractivity contribution >= 4 is 10.0 Å². The molecule has 1 aromatic heterocycles. The van der Waals surface area contributed by atoms with Crippen molar-refractivity contribution in [3.05, 3.63) is 41.3 Å². The Labute approximate surface area is 184 Å². The Kier molecular flexibility index (Phi) is 6.39. The molecular formula is C22H32N4O4S. The van der Waals surface area contributed by atoms with Crippen molar-refractivity contribution in [3.63, 3.8) is 0 Å². The van der Waals surface area contributed by atoms with Crippen molar-refractivity contribution in [2.75, 3.05) is 40.3 Å². The molecule has 9 heteroatoms. The van der Waals surface area contributed by atoms with E-state index in [9.17, 15) is 8.42 Å². The van der Waals surface area contributed by atoms with E-state index in [-0.39, 0.29) is 17.0 Å². The van der Waals surface area contributed by atoms with E-state index in [2.05, 4.69) is 10.1 Å². The van der Waals surface area contributed by atoms with E-state index in [1.807, 2.05) is 38.9 Å². The predicted molar refractivity (Wildman–Crippen MR) is 118 cm³/mol. The number of sulfonamides is 1. The summed E-state index contributed by atoms with van der Waals surface area (Å²) in [5, 5.41) is 4.07. The first-order valence-corrected chi connectivity index (χ1v) is 12.3. The lowest BCUT2D eigenvalue weighted by atomic mass is 10.1. The van der Waals surface area contributed by atoms with Gasteiger partial charge >= 0.3 is 0 Å². The van der Waals surface area contributed by atoms with Crippen LogP contribution in [0, 0.1) is 13.8 Å². The largest absolute Gasteiger partial charge is 0.487 e. The summed E-state index contributed by atoms with van der Waals surface area (Å²) in [5.41, 5.74) is 2.03. The molecule has 2 aliphatic heterocycles. The van der Waals surface area contributed by atoms with Crippen LogP contribution in [0.15, 0.2) is 33.7 Å². The fraction of sp³-hybridized carbons (Fsp3) is 0.591. The lowest BCUT2D eigenvalue weighted by Gasteiger charge is -2.32. The summed E-state index contributed by atoms with van der Waals surface area (Å²) in [7, 11) is 0.282. The number of benzene rings is 1. The highest BCUT2D eigenvalue weighted by molar-refractivity contribution is 7.89. The Hall–Kier alpha value is -1.94. The van der Waals surface area contributed by atoms with E-state index in [4.69, 9.17) is 9.26 Å². The minimum absolute atomic E-state index is 0.185. The highest BCUT2D eigenvalue weighted by atomic mass is 32.2. The minimum Gasteiger partial charge on any atom is -0.487 e. The molecule has 2 aliphatic rings. The zero-order chi connectivity index (χ0) is 22.2. The highest BCUT2D eigenvalue weighted by Crippen LogP contribution is 2.36. The lowest BCUT2D eigenvalue weighted by Crippen LogP contribution is -2.49. The molecule has 2 aromatic rings. The summed E-state index contributed by atoms with van der Waals surface area (Å²) in [6, 6.07) is 6.82. The van der Waals surface area contributed by atoms with Crippen molar-refractivity contribution in [2.45, 2.75) is 50.3 Å². The number of aryl methyl sites for hydroxylation is 2. The molecule has 3 heterocycles. The predicted octanol–water partition coefficient (Wildman–Crippen LogP) is 2.27. The molecular weight excluding hydrogens is 416 g/mol. The van der Waals surface area contributed by atoms with E-state index in [1.165, 1.54) is 0 Å². The van der Waals surface area contributed by atoms with E-state index >= 15 is 0 Å². The van der Waals surface area contributed by atoms with E-state index in [0.29, 0.717) is 25.3 Å². The molecule has 0 spiro atoms. The molecule has 0 saturated carbocycles. The smallest absolute Gasteiger partial charge is 0.247 e. The van der Waals surface area contributed by atoms with Crippen LogP contribution in [0.25, 0.3) is 0 Å². The van der Waals surface area contributed by atoms with Crippen LogP contribution in [0.4, 0.5) is 0 Å². The molecule has 0 amide bonds. The number of likely N-dealkylation sites (N-methyl/N-ethyl adjacent to an activating group) is 1.